The summed E-state index contributed by atoms with van der Waals surface area (Å²) in [4.78, 5) is 44.0. The highest BCUT2D eigenvalue weighted by Gasteiger charge is 2.43. The number of halogens is 1. The molecule has 2 N–H and O–H groups in total. The molecule has 0 aromatic heterocycles. The molecule has 0 aliphatic carbocycles. The minimum atomic E-state index is -0.618. The van der Waals surface area contributed by atoms with Gasteiger partial charge in [0.15, 0.2) is 24.1 Å². The zero-order valence-electron chi connectivity index (χ0n) is 29.0. The fourth-order valence-corrected chi connectivity index (χ4v) is 6.07. The first-order valence-electron chi connectivity index (χ1n) is 16.3. The molecular formula is C34H58FNO9. The summed E-state index contributed by atoms with van der Waals surface area (Å²) in [6, 6.07) is 0. The number of allylic oxidation sites excluding steroid dienone is 1. The number of aliphatic hydroxyl groups is 1. The number of hydrogen-bond acceptors (Lipinski definition) is 9. The van der Waals surface area contributed by atoms with Crippen molar-refractivity contribution in [2.75, 3.05) is 19.9 Å². The van der Waals surface area contributed by atoms with Crippen molar-refractivity contribution >= 4 is 23.4 Å². The average Bonchev–Trinajstić information content (AvgIpc) is 3.59. The molecule has 11 heteroatoms. The number of esters is 1. The van der Waals surface area contributed by atoms with Gasteiger partial charge in [0, 0.05) is 37.5 Å². The minimum absolute atomic E-state index is 0.0312. The smallest absolute Gasteiger partial charge is 0.304 e. The van der Waals surface area contributed by atoms with Gasteiger partial charge < -0.3 is 29.4 Å². The van der Waals surface area contributed by atoms with Gasteiger partial charge in [-0.15, -0.1) is 0 Å². The molecule has 8 atom stereocenters. The number of ether oxygens (including phenoxy) is 4. The Morgan fingerprint density at radius 3 is 1.71 bits per heavy atom. The standard InChI is InChI=1S/C9H15FO2.C9H16O2.C8H13NO3.C8H14O2/c1-6(2)9-7(11)5-12-8(9)3-4-10;1-4-8-9(6(2)3)7(10)5-11-8;1-4(2)6-7(11)9-8(6)12-5(3)10;1-5(2)7-4-6(3)10-8(7)9/h6,8-9H,3-5H2,1-2H3;6,8-9H,4-5H2,1-3H3;4,6,8H,1-3H3,(H,9,11);5,7-9H,3-4H2,1-2H3/t2*8-,9+;6-,8+;7-,8?/m0011/s1. The number of ketones is 2. The molecule has 4 aliphatic heterocycles. The summed E-state index contributed by atoms with van der Waals surface area (Å²) in [5.74, 6) is 2.24. The highest BCUT2D eigenvalue weighted by Crippen LogP contribution is 2.32. The Bertz CT molecular complexity index is 983. The van der Waals surface area contributed by atoms with Crippen LogP contribution in [-0.4, -0.2) is 73.2 Å². The van der Waals surface area contributed by atoms with Gasteiger partial charge in [0.1, 0.15) is 13.2 Å². The van der Waals surface area contributed by atoms with Gasteiger partial charge in [-0.25, -0.2) is 0 Å². The Kier molecular flexibility index (Phi) is 17.5. The van der Waals surface area contributed by atoms with Crippen LogP contribution in [0.1, 0.15) is 88.5 Å². The molecule has 4 heterocycles. The van der Waals surface area contributed by atoms with Crippen molar-refractivity contribution in [3.8, 4) is 0 Å². The van der Waals surface area contributed by atoms with Gasteiger partial charge in [0.05, 0.1) is 30.6 Å². The van der Waals surface area contributed by atoms with Crippen LogP contribution in [0.15, 0.2) is 12.3 Å². The number of amides is 1. The summed E-state index contributed by atoms with van der Waals surface area (Å²) < 4.78 is 32.4. The monoisotopic (exact) mass is 643 g/mol. The largest absolute Gasteiger partial charge is 0.470 e. The lowest BCUT2D eigenvalue weighted by molar-refractivity contribution is -0.170. The third-order valence-corrected chi connectivity index (χ3v) is 8.55. The van der Waals surface area contributed by atoms with E-state index in [4.69, 9.17) is 18.9 Å². The first-order valence-corrected chi connectivity index (χ1v) is 16.3. The van der Waals surface area contributed by atoms with Gasteiger partial charge in [-0.05, 0) is 30.1 Å². The zero-order chi connectivity index (χ0) is 34.6. The van der Waals surface area contributed by atoms with Crippen molar-refractivity contribution in [1.82, 2.24) is 5.32 Å². The molecule has 0 radical (unpaired) electrons. The summed E-state index contributed by atoms with van der Waals surface area (Å²) in [5.41, 5.74) is 0. The van der Waals surface area contributed by atoms with Gasteiger partial charge in [-0.3, -0.25) is 23.6 Å². The predicted molar refractivity (Wildman–Crippen MR) is 168 cm³/mol. The van der Waals surface area contributed by atoms with Crippen molar-refractivity contribution in [2.45, 2.75) is 113 Å². The lowest BCUT2D eigenvalue weighted by Gasteiger charge is -2.37. The molecule has 1 unspecified atom stereocenters. The fourth-order valence-electron chi connectivity index (χ4n) is 6.07. The molecule has 4 fully saturated rings. The summed E-state index contributed by atoms with van der Waals surface area (Å²) in [6.45, 7) is 23.3. The van der Waals surface area contributed by atoms with Crippen LogP contribution < -0.4 is 5.32 Å². The number of nitrogens with one attached hydrogen (secondary N) is 1. The third kappa shape index (κ3) is 12.4. The summed E-state index contributed by atoms with van der Waals surface area (Å²) in [6.07, 6.45) is 1.09. The first kappa shape index (κ1) is 40.7. The molecular weight excluding hydrogens is 585 g/mol. The molecule has 1 amide bonds. The maximum Gasteiger partial charge on any atom is 0.304 e. The number of alkyl halides is 1. The average molecular weight is 644 g/mol. The van der Waals surface area contributed by atoms with Gasteiger partial charge >= 0.3 is 5.97 Å². The number of β-lactam (4-membered cyclic amide) rings is 1. The van der Waals surface area contributed by atoms with Crippen LogP contribution in [0.3, 0.4) is 0 Å². The van der Waals surface area contributed by atoms with Crippen LogP contribution in [0.25, 0.3) is 0 Å². The van der Waals surface area contributed by atoms with Crippen molar-refractivity contribution < 1.29 is 47.6 Å². The SMILES string of the molecule is C=C1C[C@H](C(C)C)C(O)O1.CC(=O)O[C@@H]1NC(=O)[C@H]1C(C)C.CC(C)[C@@H]1C(=O)CO[C@H]1CCF.CC[C@@H]1OCC(=O)[C@H]1C(C)C. The third-order valence-electron chi connectivity index (χ3n) is 8.55. The minimum Gasteiger partial charge on any atom is -0.470 e. The second-order valence-electron chi connectivity index (χ2n) is 13.5. The van der Waals surface area contributed by atoms with Crippen LogP contribution in [0.5, 0.6) is 0 Å². The van der Waals surface area contributed by atoms with E-state index in [0.717, 1.165) is 12.8 Å². The van der Waals surface area contributed by atoms with Crippen LogP contribution in [-0.2, 0) is 38.1 Å². The van der Waals surface area contributed by atoms with Crippen molar-refractivity contribution in [3.05, 3.63) is 12.3 Å². The van der Waals surface area contributed by atoms with E-state index in [-0.39, 0.29) is 77.8 Å². The van der Waals surface area contributed by atoms with E-state index in [9.17, 15) is 28.7 Å². The van der Waals surface area contributed by atoms with E-state index < -0.39 is 19.2 Å². The molecule has 0 bridgehead atoms. The second-order valence-corrected chi connectivity index (χ2v) is 13.5. The van der Waals surface area contributed by atoms with Gasteiger partial charge in [0.25, 0.3) is 0 Å². The molecule has 45 heavy (non-hydrogen) atoms. The van der Waals surface area contributed by atoms with Crippen LogP contribution >= 0.6 is 0 Å². The van der Waals surface area contributed by atoms with E-state index in [2.05, 4.69) is 46.5 Å². The number of carbonyl (C=O) groups is 4. The number of hydrogen-bond donors (Lipinski definition) is 2. The Labute approximate surface area is 269 Å². The number of rotatable bonds is 8. The molecule has 0 aromatic carbocycles. The van der Waals surface area contributed by atoms with E-state index in [1.807, 2.05) is 27.7 Å². The van der Waals surface area contributed by atoms with Gasteiger partial charge in [-0.1, -0.05) is 68.9 Å². The number of Topliss-reactive ketones (excluding diaryl/α,β-unsaturated/α-hetero) is 2. The van der Waals surface area contributed by atoms with Gasteiger partial charge in [0.2, 0.25) is 5.91 Å². The van der Waals surface area contributed by atoms with Crippen LogP contribution in [0.2, 0.25) is 0 Å². The summed E-state index contributed by atoms with van der Waals surface area (Å²) in [7, 11) is 0. The summed E-state index contributed by atoms with van der Waals surface area (Å²) in [5, 5.41) is 11.8. The lowest BCUT2D eigenvalue weighted by atomic mass is 9.87. The topological polar surface area (TPSA) is 137 Å². The highest BCUT2D eigenvalue weighted by atomic mass is 19.1. The number of aliphatic hydroxyl groups excluding tert-OH is 1. The van der Waals surface area contributed by atoms with E-state index in [1.54, 1.807) is 0 Å². The molecule has 260 valence electrons. The molecule has 0 saturated carbocycles. The summed E-state index contributed by atoms with van der Waals surface area (Å²) >= 11 is 0. The van der Waals surface area contributed by atoms with Crippen LogP contribution in [0, 0.1) is 47.3 Å². The molecule has 4 saturated heterocycles. The quantitative estimate of drug-likeness (QED) is 0.276. The normalized spacial score (nSPS) is 30.6. The van der Waals surface area contributed by atoms with E-state index in [0.29, 0.717) is 30.6 Å². The predicted octanol–water partition coefficient (Wildman–Crippen LogP) is 5.01. The highest BCUT2D eigenvalue weighted by molar-refractivity contribution is 5.86. The van der Waals surface area contributed by atoms with Crippen molar-refractivity contribution in [1.29, 1.82) is 0 Å². The number of carbonyl (C=O) groups excluding carboxylic acids is 4. The zero-order valence-corrected chi connectivity index (χ0v) is 29.0. The van der Waals surface area contributed by atoms with Crippen molar-refractivity contribution in [2.24, 2.45) is 47.3 Å². The Balaban J connectivity index is 0.000000301. The van der Waals surface area contributed by atoms with Crippen molar-refractivity contribution in [3.63, 3.8) is 0 Å². The fraction of sp³-hybridized carbons (Fsp3) is 0.824. The Morgan fingerprint density at radius 2 is 1.40 bits per heavy atom. The molecule has 4 aliphatic rings. The van der Waals surface area contributed by atoms with E-state index >= 15 is 0 Å². The maximum absolute atomic E-state index is 12.0. The molecule has 0 spiro atoms. The van der Waals surface area contributed by atoms with Gasteiger partial charge in [-0.2, -0.15) is 0 Å². The molecule has 0 aromatic rings. The van der Waals surface area contributed by atoms with E-state index in [1.165, 1.54) is 6.92 Å². The lowest BCUT2D eigenvalue weighted by Crippen LogP contribution is -2.61. The van der Waals surface area contributed by atoms with Crippen LogP contribution in [0.4, 0.5) is 4.39 Å². The molecule has 4 rings (SSSR count). The molecule has 10 nitrogen and oxygen atoms in total. The first-order chi connectivity index (χ1) is 21.0. The maximum atomic E-state index is 12.0. The Morgan fingerprint density at radius 1 is 0.911 bits per heavy atom. The Hall–Kier alpha value is -2.37. The second kappa shape index (κ2) is 19.3.